The van der Waals surface area contributed by atoms with E-state index in [4.69, 9.17) is 94.7 Å². The number of H-pyrrole nitrogens is 2. The van der Waals surface area contributed by atoms with Crippen molar-refractivity contribution in [3.05, 3.63) is 94.4 Å². The fraction of sp³-hybridized carbons (Fsp3) is 0.429. The van der Waals surface area contributed by atoms with E-state index < -0.39 is 68.2 Å². The normalized spacial score (nSPS) is 26.2. The van der Waals surface area contributed by atoms with Gasteiger partial charge in [-0.2, -0.15) is 16.8 Å². The number of rotatable bonds is 18. The van der Waals surface area contributed by atoms with Crippen molar-refractivity contribution in [2.45, 2.75) is 99.9 Å². The molecule has 2 aromatic heterocycles. The molecule has 8 bridgehead atoms. The molecule has 4 N–H and O–H groups in total. The lowest BCUT2D eigenvalue weighted by Crippen LogP contribution is -2.62. The first-order chi connectivity index (χ1) is 40.7. The molecule has 460 valence electrons. The first-order valence-corrected chi connectivity index (χ1v) is 29.5. The molecule has 0 radical (unpaired) electrons. The molecule has 8 heterocycles. The number of hydrogen-bond donors (Lipinski definition) is 4. The zero-order chi connectivity index (χ0) is 61.6. The lowest BCUT2D eigenvalue weighted by atomic mass is 10.1. The Morgan fingerprint density at radius 1 is 0.419 bits per heavy atom. The molecular formula is C56H64N8O20S2. The molecule has 6 aliphatic rings. The minimum absolute atomic E-state index is 0.00642. The lowest BCUT2D eigenvalue weighted by Gasteiger charge is -2.46. The van der Waals surface area contributed by atoms with Crippen molar-refractivity contribution in [1.29, 1.82) is 0 Å². The molecule has 86 heavy (non-hydrogen) atoms. The van der Waals surface area contributed by atoms with Gasteiger partial charge in [-0.05, 0) is 50.2 Å². The van der Waals surface area contributed by atoms with Crippen LogP contribution in [0.25, 0.3) is 0 Å². The molecule has 30 heteroatoms. The molecule has 6 atom stereocenters. The molecule has 6 aliphatic heterocycles. The summed E-state index contributed by atoms with van der Waals surface area (Å²) < 4.78 is 153. The van der Waals surface area contributed by atoms with Crippen LogP contribution in [-0.2, 0) is 66.5 Å². The van der Waals surface area contributed by atoms with Crippen molar-refractivity contribution >= 4 is 66.9 Å². The number of aliphatic imine (C=N–C) groups is 4. The van der Waals surface area contributed by atoms with Crippen molar-refractivity contribution < 1.29 is 91.5 Å². The molecule has 0 saturated heterocycles. The number of benzene rings is 3. The first-order valence-electron chi connectivity index (χ1n) is 26.7. The highest BCUT2D eigenvalue weighted by Crippen LogP contribution is 2.58. The minimum Gasteiger partial charge on any atom is -0.490 e. The van der Waals surface area contributed by atoms with E-state index in [9.17, 15) is 16.8 Å². The van der Waals surface area contributed by atoms with E-state index in [0.717, 1.165) is 11.1 Å². The number of fused-ring (bicyclic) bond motifs is 17. The van der Waals surface area contributed by atoms with Gasteiger partial charge < -0.3 is 86.9 Å². The fourth-order valence-corrected chi connectivity index (χ4v) is 11.5. The van der Waals surface area contributed by atoms with Gasteiger partial charge in [-0.25, -0.2) is 20.0 Å². The summed E-state index contributed by atoms with van der Waals surface area (Å²) in [6, 6.07) is 15.4. The van der Waals surface area contributed by atoms with Gasteiger partial charge in [0.2, 0.25) is 40.4 Å². The topological polar surface area (TPSA) is 321 Å². The summed E-state index contributed by atoms with van der Waals surface area (Å²) in [5.41, 5.74) is 1.96. The Balaban J connectivity index is 1.11. The van der Waals surface area contributed by atoms with E-state index in [0.29, 0.717) is 0 Å². The van der Waals surface area contributed by atoms with E-state index >= 15 is 0 Å². The maximum atomic E-state index is 13.3. The number of methoxy groups -OCH3 is 6. The van der Waals surface area contributed by atoms with Crippen molar-refractivity contribution in [1.82, 2.24) is 9.97 Å². The van der Waals surface area contributed by atoms with Crippen LogP contribution in [0.15, 0.2) is 102 Å². The Labute approximate surface area is 494 Å². The second-order valence-corrected chi connectivity index (χ2v) is 24.1. The molecule has 0 amide bonds. The third kappa shape index (κ3) is 9.95. The number of nitrogens with zero attached hydrogens (tertiary/aromatic N) is 4. The van der Waals surface area contributed by atoms with Gasteiger partial charge in [0, 0.05) is 84.2 Å². The Bertz CT molecular complexity index is 3940. The quantitative estimate of drug-likeness (QED) is 0.0493. The Morgan fingerprint density at radius 2 is 0.791 bits per heavy atom. The third-order valence-electron chi connectivity index (χ3n) is 15.7. The average molecular weight is 1230 g/mol. The molecule has 0 spiro atoms. The number of nitrogens with one attached hydrogen (secondary N) is 4. The number of aryl methyl sites for hydroxylation is 2. The summed E-state index contributed by atoms with van der Waals surface area (Å²) in [4.78, 5) is 26.7. The Morgan fingerprint density at radius 3 is 1.24 bits per heavy atom. The fourth-order valence-electron chi connectivity index (χ4n) is 9.71. The molecule has 0 saturated carbocycles. The Hall–Kier alpha value is -7.78. The van der Waals surface area contributed by atoms with Gasteiger partial charge in [0.25, 0.3) is 55.0 Å². The molecule has 0 unspecified atom stereocenters. The van der Waals surface area contributed by atoms with Gasteiger partial charge in [0.05, 0.1) is 20.9 Å². The van der Waals surface area contributed by atoms with Gasteiger partial charge >= 0.3 is 0 Å². The summed E-state index contributed by atoms with van der Waals surface area (Å²) in [5.74, 6) is -9.52. The number of ether oxygens (including phenoxy) is 14. The average Bonchev–Trinajstić information content (AvgIpc) is 1.65. The summed E-state index contributed by atoms with van der Waals surface area (Å²) in [6.07, 6.45) is 0. The standard InChI is InChI=1S/C56H64N8O20S2/c1-29-15-19-31(20-16-29)85(65,66)77-27-25-75-33-23-24-34(76-26-28-78-86(67,68)32-21-17-30(2)18-22-32)36-35(33)43-57-44(36)59-46-38-40(82-54(6,72-12)52(4,70-10)80-38)48(61-46)63-50-42-41(83-55(7,73-13)56(8,74-14)84-42)49(64-50)62-47-39-37(45(58-43)60-47)79-51(3,69-9)53(5,71-11)81-39/h15-24,60,62,64H,25-28H2,1-14H3,(H,57,58,59,61,63)/t51-,52-,53-,54-,55-,56-/m1/s1. The van der Waals surface area contributed by atoms with Crippen LogP contribution in [0.2, 0.25) is 0 Å². The maximum Gasteiger partial charge on any atom is 0.297 e. The van der Waals surface area contributed by atoms with Crippen LogP contribution in [0, 0.1) is 13.8 Å². The number of amidine groups is 4. The zero-order valence-electron chi connectivity index (χ0n) is 49.4. The van der Waals surface area contributed by atoms with Crippen molar-refractivity contribution in [2.75, 3.05) is 79.7 Å². The molecular weight excluding hydrogens is 1170 g/mol. The molecule has 0 fully saturated rings. The number of hydrogen-bond acceptors (Lipinski definition) is 26. The van der Waals surface area contributed by atoms with Crippen molar-refractivity contribution in [3.8, 4) is 34.5 Å². The van der Waals surface area contributed by atoms with Crippen molar-refractivity contribution in [3.63, 3.8) is 0 Å². The monoisotopic (exact) mass is 1230 g/mol. The SMILES string of the molecule is CO[C@]1(C)OC2=C(O[C@@]1(C)OC)C1=NC2=NC2=NC(=Nc3[nH]c(c4c3O[C@@](C)(OC)[C@](C)(OC)O4)Nc3[nH]c(c4c3O[C@@](C)(OC)[C@](C)(OC)O4)N1)c1c(OCCOS(=O)(=O)c3ccc(C)cc3)ccc(OCCOS(=O)(=O)c3ccc(C)cc3)c12. The van der Waals surface area contributed by atoms with Crippen LogP contribution >= 0.6 is 0 Å². The highest BCUT2D eigenvalue weighted by Gasteiger charge is 2.60. The lowest BCUT2D eigenvalue weighted by molar-refractivity contribution is -0.376. The van der Waals surface area contributed by atoms with Gasteiger partial charge in [0.1, 0.15) is 37.9 Å². The van der Waals surface area contributed by atoms with Gasteiger partial charge in [-0.3, -0.25) is 8.37 Å². The predicted octanol–water partition coefficient (Wildman–Crippen LogP) is 7.32. The van der Waals surface area contributed by atoms with Crippen LogP contribution in [-0.4, -0.2) is 154 Å². The molecule has 3 aromatic carbocycles. The molecule has 0 aliphatic carbocycles. The largest absolute Gasteiger partial charge is 0.490 e. The van der Waals surface area contributed by atoms with Crippen LogP contribution < -0.4 is 39.1 Å². The summed E-state index contributed by atoms with van der Waals surface area (Å²) >= 11 is 0. The van der Waals surface area contributed by atoms with Gasteiger partial charge in [-0.1, -0.05) is 35.4 Å². The molecule has 5 aromatic rings. The van der Waals surface area contributed by atoms with E-state index in [-0.39, 0.29) is 127 Å². The van der Waals surface area contributed by atoms with E-state index in [2.05, 4.69) is 20.6 Å². The third-order valence-corrected chi connectivity index (χ3v) is 18.4. The van der Waals surface area contributed by atoms with E-state index in [1.807, 2.05) is 13.8 Å². The second-order valence-electron chi connectivity index (χ2n) is 20.9. The van der Waals surface area contributed by atoms with Crippen LogP contribution in [0.3, 0.4) is 0 Å². The first kappa shape index (κ1) is 59.9. The van der Waals surface area contributed by atoms with Gasteiger partial charge in [-0.15, -0.1) is 0 Å². The summed E-state index contributed by atoms with van der Waals surface area (Å²) in [5, 5.41) is 6.64. The number of aromatic nitrogens is 2. The highest BCUT2D eigenvalue weighted by atomic mass is 32.2. The smallest absolute Gasteiger partial charge is 0.297 e. The Kier molecular flexibility index (Phi) is 15.0. The van der Waals surface area contributed by atoms with Crippen molar-refractivity contribution in [2.24, 2.45) is 20.0 Å². The highest BCUT2D eigenvalue weighted by molar-refractivity contribution is 7.87. The molecule has 28 nitrogen and oxygen atoms in total. The van der Waals surface area contributed by atoms with Crippen LogP contribution in [0.5, 0.6) is 34.5 Å². The summed E-state index contributed by atoms with van der Waals surface area (Å²) in [6.45, 7) is 11.8. The molecule has 11 rings (SSSR count). The van der Waals surface area contributed by atoms with E-state index in [1.54, 1.807) is 65.8 Å². The van der Waals surface area contributed by atoms with Crippen LogP contribution in [0.1, 0.15) is 63.8 Å². The van der Waals surface area contributed by atoms with Gasteiger partial charge in [0.15, 0.2) is 40.8 Å². The number of aromatic amines is 2. The predicted molar refractivity (Wildman–Crippen MR) is 306 cm³/mol. The van der Waals surface area contributed by atoms with Crippen LogP contribution in [0.4, 0.5) is 23.3 Å². The maximum absolute atomic E-state index is 13.3. The summed E-state index contributed by atoms with van der Waals surface area (Å²) in [7, 11) is 0.0797. The minimum atomic E-state index is -4.23. The number of anilines is 3. The van der Waals surface area contributed by atoms with E-state index in [1.165, 1.54) is 79.1 Å². The second kappa shape index (κ2) is 21.6. The zero-order valence-corrected chi connectivity index (χ0v) is 51.0.